The van der Waals surface area contributed by atoms with E-state index in [2.05, 4.69) is 4.74 Å². The Balaban J connectivity index is 0.00000364. The number of hydrogen-bond acceptors (Lipinski definition) is 6. The van der Waals surface area contributed by atoms with E-state index in [1.54, 1.807) is 48.5 Å². The third-order valence-electron chi connectivity index (χ3n) is 3.64. The van der Waals surface area contributed by atoms with Crippen molar-refractivity contribution in [2.45, 2.75) is 19.4 Å². The molecule has 2 aromatic carbocycles. The Bertz CT molecular complexity index is 812. The van der Waals surface area contributed by atoms with Gasteiger partial charge in [-0.3, -0.25) is 9.59 Å². The minimum Gasteiger partial charge on any atom is -0.465 e. The van der Waals surface area contributed by atoms with Gasteiger partial charge in [-0.15, -0.1) is 0 Å². The van der Waals surface area contributed by atoms with Crippen molar-refractivity contribution in [1.82, 2.24) is 0 Å². The molecule has 0 saturated carbocycles. The Morgan fingerprint density at radius 3 is 2.22 bits per heavy atom. The minimum atomic E-state index is -1.18. The van der Waals surface area contributed by atoms with E-state index >= 15 is 0 Å². The first-order chi connectivity index (χ1) is 12.5. The predicted octanol–water partition coefficient (Wildman–Crippen LogP) is 1.46. The highest BCUT2D eigenvalue weighted by molar-refractivity contribution is 6.62. The largest absolute Gasteiger partial charge is 0.465 e. The lowest BCUT2D eigenvalue weighted by Crippen LogP contribution is -2.26. The van der Waals surface area contributed by atoms with Crippen LogP contribution in [0.1, 0.15) is 27.9 Å². The molecular formula is C20H20O7. The molecular weight excluding hydrogens is 352 g/mol. The molecule has 2 aromatic rings. The van der Waals surface area contributed by atoms with Crippen LogP contribution in [0.15, 0.2) is 54.6 Å². The predicted molar refractivity (Wildman–Crippen MR) is 96.0 cm³/mol. The standard InChI is InChI=1S/C20H18O6.H2O/c1-25-19(23)16-9-5-8-14(12-16)10-11-17(21)18(22)20(24)26-13-15-6-3-2-4-7-15;/h2-9,12H,10-11,13H2,1H3;1H2. The summed E-state index contributed by atoms with van der Waals surface area (Å²) in [5.41, 5.74) is 1.76. The Morgan fingerprint density at radius 2 is 1.56 bits per heavy atom. The molecule has 0 saturated heterocycles. The van der Waals surface area contributed by atoms with Crippen molar-refractivity contribution in [3.63, 3.8) is 0 Å². The van der Waals surface area contributed by atoms with Crippen molar-refractivity contribution in [3.8, 4) is 0 Å². The van der Waals surface area contributed by atoms with Crippen molar-refractivity contribution in [2.75, 3.05) is 7.11 Å². The Hall–Kier alpha value is -3.32. The van der Waals surface area contributed by atoms with Crippen LogP contribution < -0.4 is 0 Å². The van der Waals surface area contributed by atoms with E-state index < -0.39 is 23.5 Å². The monoisotopic (exact) mass is 372 g/mol. The number of ether oxygens (including phenoxy) is 2. The van der Waals surface area contributed by atoms with Gasteiger partial charge in [-0.05, 0) is 29.7 Å². The number of ketones is 2. The Morgan fingerprint density at radius 1 is 0.889 bits per heavy atom. The summed E-state index contributed by atoms with van der Waals surface area (Å²) in [6.45, 7) is -0.0696. The molecule has 2 N–H and O–H groups in total. The van der Waals surface area contributed by atoms with Gasteiger partial charge >= 0.3 is 17.7 Å². The molecule has 7 heteroatoms. The first kappa shape index (κ1) is 21.7. The fourth-order valence-electron chi connectivity index (χ4n) is 2.25. The molecule has 0 heterocycles. The zero-order chi connectivity index (χ0) is 18.9. The van der Waals surface area contributed by atoms with Crippen LogP contribution in [0, 0.1) is 0 Å². The second kappa shape index (κ2) is 10.6. The van der Waals surface area contributed by atoms with Gasteiger partial charge in [0, 0.05) is 6.42 Å². The van der Waals surface area contributed by atoms with Crippen LogP contribution in [0.4, 0.5) is 0 Å². The van der Waals surface area contributed by atoms with Gasteiger partial charge in [0.25, 0.3) is 0 Å². The molecule has 0 aromatic heterocycles. The molecule has 142 valence electrons. The maximum Gasteiger partial charge on any atom is 0.383 e. The number of Topliss-reactive ketones (excluding diaryl/α,β-unsaturated/α-hetero) is 2. The fourth-order valence-corrected chi connectivity index (χ4v) is 2.25. The number of benzene rings is 2. The molecule has 0 radical (unpaired) electrons. The molecule has 0 aliphatic carbocycles. The summed E-state index contributed by atoms with van der Waals surface area (Å²) in [6.07, 6.45) is 0.0747. The number of esters is 2. The summed E-state index contributed by atoms with van der Waals surface area (Å²) in [4.78, 5) is 46.9. The van der Waals surface area contributed by atoms with Gasteiger partial charge in [-0.25, -0.2) is 9.59 Å². The number of hydrogen-bond donors (Lipinski definition) is 0. The highest BCUT2D eigenvalue weighted by atomic mass is 16.5. The first-order valence-electron chi connectivity index (χ1n) is 7.96. The SMILES string of the molecule is COC(=O)c1cccc(CCC(=O)C(=O)C(=O)OCc2ccccc2)c1.O. The molecule has 0 spiro atoms. The van der Waals surface area contributed by atoms with Crippen molar-refractivity contribution in [3.05, 3.63) is 71.3 Å². The van der Waals surface area contributed by atoms with Crippen LogP contribution >= 0.6 is 0 Å². The molecule has 27 heavy (non-hydrogen) atoms. The molecule has 0 fully saturated rings. The van der Waals surface area contributed by atoms with E-state index in [1.807, 2.05) is 6.07 Å². The van der Waals surface area contributed by atoms with Crippen LogP contribution in [-0.4, -0.2) is 36.1 Å². The van der Waals surface area contributed by atoms with Gasteiger partial charge < -0.3 is 14.9 Å². The van der Waals surface area contributed by atoms with Crippen molar-refractivity contribution >= 4 is 23.5 Å². The summed E-state index contributed by atoms with van der Waals surface area (Å²) in [7, 11) is 1.28. The highest BCUT2D eigenvalue weighted by Crippen LogP contribution is 2.10. The van der Waals surface area contributed by atoms with Crippen LogP contribution in [-0.2, 0) is 36.9 Å². The fraction of sp³-hybridized carbons (Fsp3) is 0.200. The molecule has 0 amide bonds. The van der Waals surface area contributed by atoms with E-state index in [0.717, 1.165) is 5.56 Å². The number of carbonyl (C=O) groups excluding carboxylic acids is 4. The molecule has 0 aliphatic heterocycles. The van der Waals surface area contributed by atoms with Gasteiger partial charge in [0.1, 0.15) is 6.61 Å². The summed E-state index contributed by atoms with van der Waals surface area (Å²) in [5, 5.41) is 0. The van der Waals surface area contributed by atoms with E-state index in [4.69, 9.17) is 4.74 Å². The first-order valence-corrected chi connectivity index (χ1v) is 7.96. The van der Waals surface area contributed by atoms with Gasteiger partial charge in [-0.1, -0.05) is 42.5 Å². The normalized spacial score (nSPS) is 9.67. The number of rotatable bonds is 8. The molecule has 7 nitrogen and oxygen atoms in total. The van der Waals surface area contributed by atoms with Crippen LogP contribution in [0.25, 0.3) is 0 Å². The third kappa shape index (κ3) is 6.48. The van der Waals surface area contributed by atoms with Crippen molar-refractivity contribution in [2.24, 2.45) is 0 Å². The number of aryl methyl sites for hydroxylation is 1. The smallest absolute Gasteiger partial charge is 0.383 e. The summed E-state index contributed by atoms with van der Waals surface area (Å²) < 4.78 is 9.49. The van der Waals surface area contributed by atoms with E-state index in [9.17, 15) is 19.2 Å². The van der Waals surface area contributed by atoms with Gasteiger partial charge in [0.2, 0.25) is 5.78 Å². The quantitative estimate of drug-likeness (QED) is 0.393. The number of methoxy groups -OCH3 is 1. The lowest BCUT2D eigenvalue weighted by atomic mass is 10.0. The molecule has 0 atom stereocenters. The molecule has 0 aliphatic rings. The summed E-state index contributed by atoms with van der Waals surface area (Å²) in [6, 6.07) is 15.4. The van der Waals surface area contributed by atoms with E-state index in [1.165, 1.54) is 7.11 Å². The Labute approximate surface area is 156 Å². The summed E-state index contributed by atoms with van der Waals surface area (Å²) in [5.74, 6) is -3.66. The lowest BCUT2D eigenvalue weighted by molar-refractivity contribution is -0.157. The maximum absolute atomic E-state index is 11.9. The third-order valence-corrected chi connectivity index (χ3v) is 3.64. The van der Waals surface area contributed by atoms with E-state index in [0.29, 0.717) is 11.1 Å². The minimum absolute atomic E-state index is 0. The van der Waals surface area contributed by atoms with Crippen LogP contribution in [0.2, 0.25) is 0 Å². The zero-order valence-electron chi connectivity index (χ0n) is 14.8. The lowest BCUT2D eigenvalue weighted by Gasteiger charge is -2.05. The van der Waals surface area contributed by atoms with Gasteiger partial charge in [0.05, 0.1) is 12.7 Å². The second-order valence-corrected chi connectivity index (χ2v) is 5.51. The zero-order valence-corrected chi connectivity index (χ0v) is 14.8. The topological polar surface area (TPSA) is 118 Å². The van der Waals surface area contributed by atoms with Crippen molar-refractivity contribution < 1.29 is 34.1 Å². The maximum atomic E-state index is 11.9. The van der Waals surface area contributed by atoms with Gasteiger partial charge in [0.15, 0.2) is 0 Å². The molecule has 0 bridgehead atoms. The average molecular weight is 372 g/mol. The molecule has 0 unspecified atom stereocenters. The summed E-state index contributed by atoms with van der Waals surface area (Å²) >= 11 is 0. The average Bonchev–Trinajstić information content (AvgIpc) is 2.69. The van der Waals surface area contributed by atoms with Crippen LogP contribution in [0.3, 0.4) is 0 Å². The van der Waals surface area contributed by atoms with E-state index in [-0.39, 0.29) is 24.9 Å². The second-order valence-electron chi connectivity index (χ2n) is 5.51. The van der Waals surface area contributed by atoms with Crippen molar-refractivity contribution in [1.29, 1.82) is 0 Å². The highest BCUT2D eigenvalue weighted by Gasteiger charge is 2.24. The Kier molecular flexibility index (Phi) is 8.55. The number of carbonyl (C=O) groups is 4. The van der Waals surface area contributed by atoms with Crippen LogP contribution in [0.5, 0.6) is 0 Å². The van der Waals surface area contributed by atoms with Gasteiger partial charge in [-0.2, -0.15) is 0 Å². The molecule has 2 rings (SSSR count).